The Morgan fingerprint density at radius 2 is 1.21 bits per heavy atom. The van der Waals surface area contributed by atoms with Crippen LogP contribution < -0.4 is 0 Å². The number of rotatable bonds is 22. The van der Waals surface area contributed by atoms with Gasteiger partial charge in [0.2, 0.25) is 0 Å². The van der Waals surface area contributed by atoms with Gasteiger partial charge in [-0.15, -0.1) is 0 Å². The van der Waals surface area contributed by atoms with Crippen molar-refractivity contribution in [2.45, 2.75) is 136 Å². The maximum atomic E-state index is 13.4. The number of hydrogen-bond acceptors (Lipinski definition) is 2. The van der Waals surface area contributed by atoms with E-state index in [0.717, 1.165) is 35.4 Å². The van der Waals surface area contributed by atoms with E-state index in [1.54, 1.807) is 0 Å². The Hall–Kier alpha value is -2.36. The summed E-state index contributed by atoms with van der Waals surface area (Å²) < 4.78 is 2.07. The first kappa shape index (κ1) is 31.9. The molecule has 0 atom stereocenters. The van der Waals surface area contributed by atoms with Crippen LogP contribution in [0.5, 0.6) is 0 Å². The second kappa shape index (κ2) is 18.8. The number of benzene rings is 1. The van der Waals surface area contributed by atoms with Crippen LogP contribution in [0.25, 0.3) is 0 Å². The molecular weight excluding hydrogens is 470 g/mol. The van der Waals surface area contributed by atoms with Crippen molar-refractivity contribution in [1.29, 1.82) is 0 Å². The molecule has 2 rings (SSSR count). The van der Waals surface area contributed by atoms with Crippen molar-refractivity contribution in [3.8, 4) is 0 Å². The van der Waals surface area contributed by atoms with Crippen LogP contribution in [0.15, 0.2) is 30.3 Å². The molecule has 4 heteroatoms. The number of hydrogen-bond donors (Lipinski definition) is 1. The zero-order chi connectivity index (χ0) is 27.6. The first-order valence-corrected chi connectivity index (χ1v) is 15.4. The Bertz CT molecular complexity index is 944. The number of aromatic nitrogens is 1. The Balaban J connectivity index is 1.74. The number of nitrogens with zero attached hydrogens (tertiary/aromatic N) is 1. The molecule has 1 aromatic carbocycles. The number of carboxylic acid groups (broad SMARTS) is 1. The zero-order valence-electron chi connectivity index (χ0n) is 24.5. The molecule has 0 aliphatic rings. The standard InChI is InChI=1S/C34H53NO3/c1-4-5-6-7-8-9-10-11-12-13-14-15-16-17-21-24-32(36)34-28(2)30(25-26-33(37)38)35(3)31(34)27-29-22-19-18-20-23-29/h18-20,22-23H,4-17,21,24-27H2,1-3H3,(H,37,38). The predicted octanol–water partition coefficient (Wildman–Crippen LogP) is 9.39. The van der Waals surface area contributed by atoms with Gasteiger partial charge in [0, 0.05) is 36.8 Å². The van der Waals surface area contributed by atoms with Crippen LogP contribution in [0.1, 0.15) is 149 Å². The molecule has 1 N–H and O–H groups in total. The highest BCUT2D eigenvalue weighted by Crippen LogP contribution is 2.27. The molecule has 38 heavy (non-hydrogen) atoms. The highest BCUT2D eigenvalue weighted by Gasteiger charge is 2.23. The van der Waals surface area contributed by atoms with Crippen molar-refractivity contribution in [3.63, 3.8) is 0 Å². The Labute approximate surface area is 232 Å². The summed E-state index contributed by atoms with van der Waals surface area (Å²) in [5.74, 6) is -0.596. The molecule has 0 spiro atoms. The van der Waals surface area contributed by atoms with Crippen LogP contribution in [0.4, 0.5) is 0 Å². The Morgan fingerprint density at radius 1 is 0.711 bits per heavy atom. The molecule has 0 radical (unpaired) electrons. The molecule has 0 unspecified atom stereocenters. The quantitative estimate of drug-likeness (QED) is 0.123. The fraction of sp³-hybridized carbons (Fsp3) is 0.647. The van der Waals surface area contributed by atoms with Crippen molar-refractivity contribution in [2.24, 2.45) is 7.05 Å². The Morgan fingerprint density at radius 3 is 1.71 bits per heavy atom. The molecular formula is C34H53NO3. The van der Waals surface area contributed by atoms with E-state index in [2.05, 4.69) is 23.6 Å². The Kier molecular flexibility index (Phi) is 15.8. The van der Waals surface area contributed by atoms with Crippen molar-refractivity contribution in [2.75, 3.05) is 0 Å². The smallest absolute Gasteiger partial charge is 0.303 e. The van der Waals surface area contributed by atoms with E-state index in [0.29, 0.717) is 19.3 Å². The van der Waals surface area contributed by atoms with Gasteiger partial charge >= 0.3 is 5.97 Å². The van der Waals surface area contributed by atoms with E-state index in [9.17, 15) is 14.7 Å². The number of carbonyl (C=O) groups is 2. The minimum absolute atomic E-state index is 0.0795. The van der Waals surface area contributed by atoms with Crippen LogP contribution in [0.3, 0.4) is 0 Å². The molecule has 1 heterocycles. The highest BCUT2D eigenvalue weighted by atomic mass is 16.4. The monoisotopic (exact) mass is 523 g/mol. The summed E-state index contributed by atoms with van der Waals surface area (Å²) in [6.45, 7) is 4.27. The van der Waals surface area contributed by atoms with E-state index in [1.807, 2.05) is 32.2 Å². The summed E-state index contributed by atoms with van der Waals surface area (Å²) in [6.07, 6.45) is 21.5. The topological polar surface area (TPSA) is 59.3 Å². The third kappa shape index (κ3) is 11.6. The summed E-state index contributed by atoms with van der Waals surface area (Å²) in [6, 6.07) is 10.2. The number of unbranched alkanes of at least 4 members (excludes halogenated alkanes) is 14. The van der Waals surface area contributed by atoms with E-state index < -0.39 is 5.97 Å². The van der Waals surface area contributed by atoms with Gasteiger partial charge in [-0.25, -0.2) is 0 Å². The van der Waals surface area contributed by atoms with Gasteiger partial charge in [0.1, 0.15) is 0 Å². The van der Waals surface area contributed by atoms with Crippen LogP contribution in [-0.2, 0) is 24.7 Å². The molecule has 2 aromatic rings. The maximum Gasteiger partial charge on any atom is 0.303 e. The summed E-state index contributed by atoms with van der Waals surface area (Å²) in [5.41, 5.74) is 4.94. The third-order valence-corrected chi connectivity index (χ3v) is 7.98. The van der Waals surface area contributed by atoms with Gasteiger partial charge in [0.05, 0.1) is 6.42 Å². The first-order valence-electron chi connectivity index (χ1n) is 15.4. The lowest BCUT2D eigenvalue weighted by Gasteiger charge is -2.09. The summed E-state index contributed by atoms with van der Waals surface area (Å²) in [7, 11) is 1.98. The first-order chi connectivity index (χ1) is 18.5. The van der Waals surface area contributed by atoms with Crippen molar-refractivity contribution < 1.29 is 14.7 Å². The van der Waals surface area contributed by atoms with Gasteiger partial charge in [-0.05, 0) is 30.9 Å². The summed E-state index contributed by atoms with van der Waals surface area (Å²) >= 11 is 0. The van der Waals surface area contributed by atoms with E-state index in [1.165, 1.54) is 89.0 Å². The van der Waals surface area contributed by atoms with Gasteiger partial charge in [-0.3, -0.25) is 9.59 Å². The predicted molar refractivity (Wildman–Crippen MR) is 159 cm³/mol. The van der Waals surface area contributed by atoms with E-state index in [4.69, 9.17) is 0 Å². The normalized spacial score (nSPS) is 11.2. The lowest BCUT2D eigenvalue weighted by Crippen LogP contribution is -2.08. The van der Waals surface area contributed by atoms with Gasteiger partial charge in [-0.1, -0.05) is 127 Å². The average molecular weight is 524 g/mol. The van der Waals surface area contributed by atoms with Crippen molar-refractivity contribution in [1.82, 2.24) is 4.57 Å². The number of Topliss-reactive ketones (excluding diaryl/α,β-unsaturated/α-hetero) is 1. The second-order valence-electron chi connectivity index (χ2n) is 11.1. The molecule has 1 aromatic heterocycles. The van der Waals surface area contributed by atoms with Crippen molar-refractivity contribution in [3.05, 3.63) is 58.4 Å². The zero-order valence-corrected chi connectivity index (χ0v) is 24.5. The fourth-order valence-corrected chi connectivity index (χ4v) is 5.67. The SMILES string of the molecule is CCCCCCCCCCCCCCCCCC(=O)c1c(C)c(CCC(=O)O)n(C)c1Cc1ccccc1. The highest BCUT2D eigenvalue weighted by molar-refractivity contribution is 5.99. The second-order valence-corrected chi connectivity index (χ2v) is 11.1. The number of carboxylic acids is 1. The molecule has 212 valence electrons. The van der Waals surface area contributed by atoms with Gasteiger partial charge in [0.15, 0.2) is 5.78 Å². The lowest BCUT2D eigenvalue weighted by atomic mass is 9.96. The number of ketones is 1. The summed E-state index contributed by atoms with van der Waals surface area (Å²) in [4.78, 5) is 24.6. The van der Waals surface area contributed by atoms with Crippen LogP contribution in [0.2, 0.25) is 0 Å². The average Bonchev–Trinajstić information content (AvgIpc) is 3.13. The molecule has 0 amide bonds. The van der Waals surface area contributed by atoms with Gasteiger partial charge in [0.25, 0.3) is 0 Å². The minimum atomic E-state index is -0.805. The molecule has 0 fully saturated rings. The van der Waals surface area contributed by atoms with Crippen LogP contribution in [-0.4, -0.2) is 21.4 Å². The van der Waals surface area contributed by atoms with Gasteiger partial charge < -0.3 is 9.67 Å². The number of carbonyl (C=O) groups excluding carboxylic acids is 1. The fourth-order valence-electron chi connectivity index (χ4n) is 5.67. The van der Waals surface area contributed by atoms with E-state index in [-0.39, 0.29) is 12.2 Å². The lowest BCUT2D eigenvalue weighted by molar-refractivity contribution is -0.137. The maximum absolute atomic E-state index is 13.4. The molecule has 0 aliphatic heterocycles. The van der Waals surface area contributed by atoms with Crippen LogP contribution in [0, 0.1) is 6.92 Å². The molecule has 4 nitrogen and oxygen atoms in total. The number of aliphatic carboxylic acids is 1. The largest absolute Gasteiger partial charge is 0.481 e. The van der Waals surface area contributed by atoms with Crippen LogP contribution >= 0.6 is 0 Å². The van der Waals surface area contributed by atoms with E-state index >= 15 is 0 Å². The molecule has 0 aliphatic carbocycles. The van der Waals surface area contributed by atoms with Gasteiger partial charge in [-0.2, -0.15) is 0 Å². The molecule has 0 saturated carbocycles. The minimum Gasteiger partial charge on any atom is -0.481 e. The summed E-state index contributed by atoms with van der Waals surface area (Å²) in [5, 5.41) is 9.20. The molecule has 0 saturated heterocycles. The van der Waals surface area contributed by atoms with Crippen molar-refractivity contribution >= 4 is 11.8 Å². The molecule has 0 bridgehead atoms. The third-order valence-electron chi connectivity index (χ3n) is 7.98.